The predicted octanol–water partition coefficient (Wildman–Crippen LogP) is 3.35. The van der Waals surface area contributed by atoms with Crippen molar-refractivity contribution in [2.45, 2.75) is 0 Å². The second kappa shape index (κ2) is 8.25. The van der Waals surface area contributed by atoms with Gasteiger partial charge in [0.15, 0.2) is 17.3 Å². The summed E-state index contributed by atoms with van der Waals surface area (Å²) in [6.07, 6.45) is 0. The average molecular weight is 480 g/mol. The molecule has 2 N–H and O–H groups in total. The minimum absolute atomic E-state index is 0.159. The zero-order chi connectivity index (χ0) is 19.4. The molecule has 0 aliphatic carbocycles. The molecule has 0 aliphatic heterocycles. The van der Waals surface area contributed by atoms with Crippen LogP contribution < -0.4 is 19.5 Å². The van der Waals surface area contributed by atoms with Gasteiger partial charge in [0.1, 0.15) is 5.75 Å². The maximum absolute atomic E-state index is 12.6. The van der Waals surface area contributed by atoms with Crippen molar-refractivity contribution in [2.75, 3.05) is 26.6 Å². The first kappa shape index (κ1) is 19.0. The quantitative estimate of drug-likeness (QED) is 0.526. The van der Waals surface area contributed by atoms with E-state index in [4.69, 9.17) is 14.2 Å². The Morgan fingerprint density at radius 3 is 2.41 bits per heavy atom. The zero-order valence-electron chi connectivity index (χ0n) is 14.9. The van der Waals surface area contributed by atoms with Crippen LogP contribution in [-0.2, 0) is 0 Å². The summed E-state index contributed by atoms with van der Waals surface area (Å²) >= 11 is 2.06. The molecule has 3 rings (SSSR count). The third kappa shape index (κ3) is 3.97. The van der Waals surface area contributed by atoms with Crippen LogP contribution in [0.3, 0.4) is 0 Å². The first-order valence-corrected chi connectivity index (χ1v) is 8.94. The molecule has 0 saturated carbocycles. The summed E-state index contributed by atoms with van der Waals surface area (Å²) in [5, 5.41) is 9.55. The Morgan fingerprint density at radius 2 is 1.70 bits per heavy atom. The molecule has 2 aromatic carbocycles. The second-order valence-corrected chi connectivity index (χ2v) is 6.51. The normalized spacial score (nSPS) is 10.4. The number of methoxy groups -OCH3 is 3. The molecule has 1 heterocycles. The predicted molar refractivity (Wildman–Crippen MR) is 109 cm³/mol. The Labute approximate surface area is 169 Å². The molecule has 27 heavy (non-hydrogen) atoms. The number of aromatic nitrogens is 3. The molecule has 0 radical (unpaired) electrons. The van der Waals surface area contributed by atoms with Crippen molar-refractivity contribution in [3.05, 3.63) is 45.5 Å². The molecule has 9 heteroatoms. The number of rotatable bonds is 6. The van der Waals surface area contributed by atoms with E-state index >= 15 is 0 Å². The third-order valence-electron chi connectivity index (χ3n) is 3.79. The molecule has 0 unspecified atom stereocenters. The van der Waals surface area contributed by atoms with Gasteiger partial charge in [0.25, 0.3) is 5.91 Å². The highest BCUT2D eigenvalue weighted by Gasteiger charge is 2.18. The standard InChI is InChI=1S/C18H17IN4O4/c1-25-13-7-5-4-6-10(13)16-20-18(23-22-16)21-17(24)11-8-14(26-2)15(27-3)9-12(11)19/h4-9H,1-3H3,(H2,20,21,22,23,24). The lowest BCUT2D eigenvalue weighted by Crippen LogP contribution is -2.15. The van der Waals surface area contributed by atoms with Gasteiger partial charge in [0.2, 0.25) is 5.95 Å². The fraction of sp³-hybridized carbons (Fsp3) is 0.167. The van der Waals surface area contributed by atoms with E-state index in [9.17, 15) is 4.79 Å². The lowest BCUT2D eigenvalue weighted by molar-refractivity contribution is 0.102. The van der Waals surface area contributed by atoms with Gasteiger partial charge in [0.05, 0.1) is 32.5 Å². The lowest BCUT2D eigenvalue weighted by Gasteiger charge is -2.11. The highest BCUT2D eigenvalue weighted by molar-refractivity contribution is 14.1. The molecule has 0 aliphatic rings. The number of para-hydroxylation sites is 1. The van der Waals surface area contributed by atoms with Gasteiger partial charge < -0.3 is 14.2 Å². The molecule has 0 atom stereocenters. The van der Waals surface area contributed by atoms with Gasteiger partial charge >= 0.3 is 0 Å². The number of H-pyrrole nitrogens is 1. The average Bonchev–Trinajstić information content (AvgIpc) is 3.15. The number of benzene rings is 2. The smallest absolute Gasteiger partial charge is 0.259 e. The summed E-state index contributed by atoms with van der Waals surface area (Å²) < 4.78 is 16.5. The van der Waals surface area contributed by atoms with Crippen molar-refractivity contribution >= 4 is 34.4 Å². The van der Waals surface area contributed by atoms with Crippen LogP contribution in [0.15, 0.2) is 36.4 Å². The summed E-state index contributed by atoms with van der Waals surface area (Å²) in [7, 11) is 4.64. The van der Waals surface area contributed by atoms with Crippen LogP contribution in [0.25, 0.3) is 11.4 Å². The van der Waals surface area contributed by atoms with Crippen LogP contribution in [0.4, 0.5) is 5.95 Å². The summed E-state index contributed by atoms with van der Waals surface area (Å²) in [6.45, 7) is 0. The molecule has 0 saturated heterocycles. The highest BCUT2D eigenvalue weighted by Crippen LogP contribution is 2.32. The number of hydrogen-bond acceptors (Lipinski definition) is 6. The number of halogens is 1. The van der Waals surface area contributed by atoms with Crippen LogP contribution in [0.5, 0.6) is 17.2 Å². The Morgan fingerprint density at radius 1 is 1.04 bits per heavy atom. The number of carbonyl (C=O) groups is 1. The monoisotopic (exact) mass is 480 g/mol. The first-order valence-electron chi connectivity index (χ1n) is 7.86. The molecule has 1 aromatic heterocycles. The van der Waals surface area contributed by atoms with Crippen molar-refractivity contribution in [1.82, 2.24) is 15.2 Å². The number of hydrogen-bond donors (Lipinski definition) is 2. The van der Waals surface area contributed by atoms with E-state index in [0.717, 1.165) is 5.56 Å². The van der Waals surface area contributed by atoms with E-state index in [1.165, 1.54) is 7.11 Å². The maximum Gasteiger partial charge on any atom is 0.259 e. The van der Waals surface area contributed by atoms with E-state index in [-0.39, 0.29) is 11.9 Å². The minimum atomic E-state index is -0.356. The van der Waals surface area contributed by atoms with E-state index in [1.807, 2.05) is 24.3 Å². The summed E-state index contributed by atoms with van der Waals surface area (Å²) in [5.74, 6) is 1.96. The van der Waals surface area contributed by atoms with Crippen LogP contribution in [-0.4, -0.2) is 42.4 Å². The maximum atomic E-state index is 12.6. The van der Waals surface area contributed by atoms with Crippen molar-refractivity contribution in [2.24, 2.45) is 0 Å². The number of ether oxygens (including phenoxy) is 3. The van der Waals surface area contributed by atoms with Gasteiger partial charge in [-0.15, -0.1) is 5.10 Å². The number of amides is 1. The molecular formula is C18H17IN4O4. The SMILES string of the molecule is COc1cc(I)c(C(=O)Nc2n[nH]c(-c3ccccc3OC)n2)cc1OC. The van der Waals surface area contributed by atoms with Gasteiger partial charge in [-0.3, -0.25) is 15.2 Å². The minimum Gasteiger partial charge on any atom is -0.496 e. The van der Waals surface area contributed by atoms with E-state index in [1.54, 1.807) is 26.4 Å². The van der Waals surface area contributed by atoms with Gasteiger partial charge in [-0.25, -0.2) is 0 Å². The van der Waals surface area contributed by atoms with Crippen LogP contribution >= 0.6 is 22.6 Å². The Hall–Kier alpha value is -2.82. The molecule has 8 nitrogen and oxygen atoms in total. The lowest BCUT2D eigenvalue weighted by atomic mass is 10.2. The number of nitrogens with zero attached hydrogens (tertiary/aromatic N) is 2. The van der Waals surface area contributed by atoms with Crippen LogP contribution in [0.2, 0.25) is 0 Å². The molecule has 3 aromatic rings. The van der Waals surface area contributed by atoms with Gasteiger partial charge in [-0.1, -0.05) is 12.1 Å². The summed E-state index contributed by atoms with van der Waals surface area (Å²) in [5.41, 5.74) is 1.17. The zero-order valence-corrected chi connectivity index (χ0v) is 17.0. The fourth-order valence-corrected chi connectivity index (χ4v) is 3.16. The fourth-order valence-electron chi connectivity index (χ4n) is 2.48. The van der Waals surface area contributed by atoms with E-state index < -0.39 is 0 Å². The highest BCUT2D eigenvalue weighted by atomic mass is 127. The van der Waals surface area contributed by atoms with Crippen LogP contribution in [0.1, 0.15) is 10.4 Å². The Bertz CT molecular complexity index is 974. The topological polar surface area (TPSA) is 98.4 Å². The largest absolute Gasteiger partial charge is 0.496 e. The number of nitrogens with one attached hydrogen (secondary N) is 2. The van der Waals surface area contributed by atoms with Crippen LogP contribution in [0, 0.1) is 3.57 Å². The van der Waals surface area contributed by atoms with E-state index in [0.29, 0.717) is 32.2 Å². The number of carbonyl (C=O) groups excluding carboxylic acids is 1. The molecule has 0 spiro atoms. The van der Waals surface area contributed by atoms with Gasteiger partial charge in [-0.2, -0.15) is 4.98 Å². The summed E-state index contributed by atoms with van der Waals surface area (Å²) in [4.78, 5) is 17.0. The van der Waals surface area contributed by atoms with Gasteiger partial charge in [0, 0.05) is 3.57 Å². The van der Waals surface area contributed by atoms with E-state index in [2.05, 4.69) is 43.1 Å². The Balaban J connectivity index is 1.85. The second-order valence-electron chi connectivity index (χ2n) is 5.35. The Kier molecular flexibility index (Phi) is 5.79. The summed E-state index contributed by atoms with van der Waals surface area (Å²) in [6, 6.07) is 10.7. The molecule has 0 bridgehead atoms. The first-order chi connectivity index (χ1) is 13.1. The van der Waals surface area contributed by atoms with Crippen molar-refractivity contribution < 1.29 is 19.0 Å². The third-order valence-corrected chi connectivity index (χ3v) is 4.68. The molecule has 1 amide bonds. The van der Waals surface area contributed by atoms with Gasteiger partial charge in [-0.05, 0) is 46.9 Å². The molecule has 140 valence electrons. The number of anilines is 1. The van der Waals surface area contributed by atoms with Crippen molar-refractivity contribution in [3.8, 4) is 28.6 Å². The molecule has 0 fully saturated rings. The van der Waals surface area contributed by atoms with Crippen molar-refractivity contribution in [3.63, 3.8) is 0 Å². The number of aromatic amines is 1. The molecular weight excluding hydrogens is 463 g/mol. The van der Waals surface area contributed by atoms with Crippen molar-refractivity contribution in [1.29, 1.82) is 0 Å².